The topological polar surface area (TPSA) is 75.3 Å². The summed E-state index contributed by atoms with van der Waals surface area (Å²) in [5, 5.41) is 5.23. The second kappa shape index (κ2) is 6.80. The van der Waals surface area contributed by atoms with Crippen molar-refractivity contribution in [2.24, 2.45) is 0 Å². The largest absolute Gasteiger partial charge is 0.441 e. The van der Waals surface area contributed by atoms with Crippen molar-refractivity contribution < 1.29 is 26.4 Å². The second-order valence-electron chi connectivity index (χ2n) is 4.11. The highest BCUT2D eigenvalue weighted by Gasteiger charge is 2.28. The van der Waals surface area contributed by atoms with Gasteiger partial charge in [-0.15, -0.1) is 0 Å². The van der Waals surface area contributed by atoms with Crippen LogP contribution in [0, 0.1) is 0 Å². The van der Waals surface area contributed by atoms with Gasteiger partial charge in [0.2, 0.25) is 5.91 Å². The fraction of sp³-hybridized carbons (Fsp3) is 0.889. The van der Waals surface area contributed by atoms with Gasteiger partial charge in [-0.1, -0.05) is 0 Å². The van der Waals surface area contributed by atoms with E-state index in [0.29, 0.717) is 6.54 Å². The standard InChI is InChI=1S/C9H15F3N2O3S2/c10-9(11,12)18-3-1-14-8(15)5-7-6-19(16,17)4-2-13-7/h7,13H,1-6H2,(H,14,15). The predicted molar refractivity (Wildman–Crippen MR) is 66.6 cm³/mol. The summed E-state index contributed by atoms with van der Waals surface area (Å²) in [6.07, 6.45) is -0.0457. The van der Waals surface area contributed by atoms with Crippen molar-refractivity contribution in [3.63, 3.8) is 0 Å². The smallest absolute Gasteiger partial charge is 0.355 e. The molecule has 1 aliphatic heterocycles. The van der Waals surface area contributed by atoms with E-state index in [4.69, 9.17) is 0 Å². The molecule has 1 atom stereocenters. The van der Waals surface area contributed by atoms with E-state index >= 15 is 0 Å². The van der Waals surface area contributed by atoms with Crippen molar-refractivity contribution in [3.8, 4) is 0 Å². The number of hydrogen-bond acceptors (Lipinski definition) is 5. The van der Waals surface area contributed by atoms with E-state index < -0.39 is 27.3 Å². The zero-order valence-electron chi connectivity index (χ0n) is 10.00. The van der Waals surface area contributed by atoms with E-state index in [9.17, 15) is 26.4 Å². The number of sulfone groups is 1. The number of halogens is 3. The van der Waals surface area contributed by atoms with Gasteiger partial charge in [-0.3, -0.25) is 4.79 Å². The Morgan fingerprint density at radius 3 is 2.68 bits per heavy atom. The van der Waals surface area contributed by atoms with Gasteiger partial charge in [0.15, 0.2) is 9.84 Å². The molecule has 0 radical (unpaired) electrons. The third kappa shape index (κ3) is 7.63. The normalized spacial score (nSPS) is 23.0. The zero-order valence-corrected chi connectivity index (χ0v) is 11.6. The number of nitrogens with one attached hydrogen (secondary N) is 2. The summed E-state index contributed by atoms with van der Waals surface area (Å²) in [5.41, 5.74) is -4.30. The van der Waals surface area contributed by atoms with Crippen LogP contribution in [0.4, 0.5) is 13.2 Å². The summed E-state index contributed by atoms with van der Waals surface area (Å²) in [6, 6.07) is -0.464. The summed E-state index contributed by atoms with van der Waals surface area (Å²) >= 11 is -0.205. The molecule has 0 aromatic heterocycles. The molecule has 19 heavy (non-hydrogen) atoms. The van der Waals surface area contributed by atoms with Crippen molar-refractivity contribution in [2.45, 2.75) is 18.0 Å². The fourth-order valence-corrected chi connectivity index (χ4v) is 3.53. The van der Waals surface area contributed by atoms with Crippen molar-refractivity contribution in [2.75, 3.05) is 30.3 Å². The van der Waals surface area contributed by atoms with Gasteiger partial charge in [0.05, 0.1) is 11.5 Å². The van der Waals surface area contributed by atoms with Crippen LogP contribution >= 0.6 is 11.8 Å². The molecule has 0 aromatic carbocycles. The molecule has 1 rings (SSSR count). The third-order valence-electron chi connectivity index (χ3n) is 2.42. The summed E-state index contributed by atoms with van der Waals surface area (Å²) in [5.74, 6) is -0.770. The highest BCUT2D eigenvalue weighted by atomic mass is 32.2. The minimum absolute atomic E-state index is 0.0457. The molecule has 10 heteroatoms. The number of amides is 1. The lowest BCUT2D eigenvalue weighted by Crippen LogP contribution is -2.47. The van der Waals surface area contributed by atoms with Gasteiger partial charge in [-0.05, 0) is 11.8 Å². The lowest BCUT2D eigenvalue weighted by atomic mass is 10.2. The Kier molecular flexibility index (Phi) is 5.93. The Morgan fingerprint density at radius 1 is 1.42 bits per heavy atom. The molecule has 1 amide bonds. The molecular weight excluding hydrogens is 305 g/mol. The zero-order chi connectivity index (χ0) is 14.5. The number of carbonyl (C=O) groups is 1. The molecule has 1 fully saturated rings. The summed E-state index contributed by atoms with van der Waals surface area (Å²) in [4.78, 5) is 11.4. The van der Waals surface area contributed by atoms with E-state index in [1.807, 2.05) is 0 Å². The van der Waals surface area contributed by atoms with Gasteiger partial charge >= 0.3 is 5.51 Å². The minimum Gasteiger partial charge on any atom is -0.355 e. The molecule has 0 bridgehead atoms. The van der Waals surface area contributed by atoms with Crippen LogP contribution in [0.5, 0.6) is 0 Å². The SMILES string of the molecule is O=C(CC1CS(=O)(=O)CCN1)NCCSC(F)(F)F. The predicted octanol–water partition coefficient (Wildman–Crippen LogP) is 0.132. The van der Waals surface area contributed by atoms with Gasteiger partial charge in [-0.2, -0.15) is 13.2 Å². The maximum Gasteiger partial charge on any atom is 0.441 e. The number of thioether (sulfide) groups is 1. The maximum atomic E-state index is 11.8. The molecule has 112 valence electrons. The average Bonchev–Trinajstić information content (AvgIpc) is 2.21. The summed E-state index contributed by atoms with van der Waals surface area (Å²) in [7, 11) is -3.12. The first-order valence-corrected chi connectivity index (χ1v) is 8.40. The molecule has 1 unspecified atom stereocenters. The number of carbonyl (C=O) groups excluding carboxylic acids is 1. The van der Waals surface area contributed by atoms with Crippen LogP contribution in [0.1, 0.15) is 6.42 Å². The van der Waals surface area contributed by atoms with Crippen molar-refractivity contribution in [3.05, 3.63) is 0 Å². The number of hydrogen-bond donors (Lipinski definition) is 2. The van der Waals surface area contributed by atoms with E-state index in [1.54, 1.807) is 0 Å². The van der Waals surface area contributed by atoms with E-state index in [1.165, 1.54) is 0 Å². The van der Waals surface area contributed by atoms with Gasteiger partial charge < -0.3 is 10.6 Å². The van der Waals surface area contributed by atoms with E-state index in [0.717, 1.165) is 0 Å². The third-order valence-corrected chi connectivity index (χ3v) is 4.89. The molecule has 1 heterocycles. The average molecular weight is 320 g/mol. The summed E-state index contributed by atoms with van der Waals surface area (Å²) in [6.45, 7) is 0.201. The van der Waals surface area contributed by atoms with E-state index in [2.05, 4.69) is 10.6 Å². The summed E-state index contributed by atoms with van der Waals surface area (Å²) < 4.78 is 58.1. The number of rotatable bonds is 5. The van der Waals surface area contributed by atoms with Gasteiger partial charge in [0, 0.05) is 31.3 Å². The molecule has 5 nitrogen and oxygen atoms in total. The Labute approximate surface area is 113 Å². The molecule has 2 N–H and O–H groups in total. The monoisotopic (exact) mass is 320 g/mol. The Bertz CT molecular complexity index is 411. The number of alkyl halides is 3. The first kappa shape index (κ1) is 16.6. The Morgan fingerprint density at radius 2 is 2.11 bits per heavy atom. The Hall–Kier alpha value is -0.480. The quantitative estimate of drug-likeness (QED) is 0.705. The highest BCUT2D eigenvalue weighted by molar-refractivity contribution is 8.00. The van der Waals surface area contributed by atoms with E-state index in [-0.39, 0.29) is 42.0 Å². The van der Waals surface area contributed by atoms with Crippen molar-refractivity contribution in [1.29, 1.82) is 0 Å². The van der Waals surface area contributed by atoms with Crippen molar-refractivity contribution >= 4 is 27.5 Å². The molecule has 0 saturated carbocycles. The van der Waals surface area contributed by atoms with Crippen LogP contribution in [0.25, 0.3) is 0 Å². The molecule has 1 saturated heterocycles. The maximum absolute atomic E-state index is 11.8. The Balaban J connectivity index is 2.21. The van der Waals surface area contributed by atoms with Crippen LogP contribution in [0.15, 0.2) is 0 Å². The van der Waals surface area contributed by atoms with Crippen molar-refractivity contribution in [1.82, 2.24) is 10.6 Å². The lowest BCUT2D eigenvalue weighted by Gasteiger charge is -2.23. The van der Waals surface area contributed by atoms with Gasteiger partial charge in [0.1, 0.15) is 0 Å². The second-order valence-corrected chi connectivity index (χ2v) is 7.50. The molecule has 0 aliphatic carbocycles. The molecule has 0 spiro atoms. The lowest BCUT2D eigenvalue weighted by molar-refractivity contribution is -0.121. The molecule has 0 aromatic rings. The van der Waals surface area contributed by atoms with Gasteiger partial charge in [0.25, 0.3) is 0 Å². The van der Waals surface area contributed by atoms with Crippen LogP contribution < -0.4 is 10.6 Å². The molecule has 1 aliphatic rings. The van der Waals surface area contributed by atoms with Crippen LogP contribution in [0.2, 0.25) is 0 Å². The fourth-order valence-electron chi connectivity index (χ4n) is 1.65. The first-order valence-electron chi connectivity index (χ1n) is 5.59. The first-order chi connectivity index (χ1) is 8.68. The van der Waals surface area contributed by atoms with Crippen LogP contribution in [-0.4, -0.2) is 56.2 Å². The van der Waals surface area contributed by atoms with Crippen LogP contribution in [-0.2, 0) is 14.6 Å². The minimum atomic E-state index is -4.30. The highest BCUT2D eigenvalue weighted by Crippen LogP contribution is 2.29. The van der Waals surface area contributed by atoms with Gasteiger partial charge in [-0.25, -0.2) is 8.42 Å². The molecular formula is C9H15F3N2O3S2. The van der Waals surface area contributed by atoms with Crippen LogP contribution in [0.3, 0.4) is 0 Å².